The Hall–Kier alpha value is -1.33. The van der Waals surface area contributed by atoms with Crippen LogP contribution in [0, 0.1) is 17.5 Å². The number of hydrogen-bond donors (Lipinski definition) is 1. The largest absolute Gasteiger partial charge is 0.330 e. The van der Waals surface area contributed by atoms with Gasteiger partial charge in [0.15, 0.2) is 0 Å². The average Bonchev–Trinajstić information content (AvgIpc) is 2.43. The molecule has 0 radical (unpaired) electrons. The predicted molar refractivity (Wildman–Crippen MR) is 76.0 cm³/mol. The van der Waals surface area contributed by atoms with Crippen molar-refractivity contribution in [2.75, 3.05) is 6.54 Å². The molecular formula is C15H13BrF3N. The standard InChI is InChI=1S/C15H13BrF3N/c16-13-4-5-14(18)12(15(13)19)7-10(8-20)9-2-1-3-11(17)6-9/h1-6,10H,7-8,20H2. The van der Waals surface area contributed by atoms with Crippen LogP contribution in [0.5, 0.6) is 0 Å². The highest BCUT2D eigenvalue weighted by Crippen LogP contribution is 2.27. The fraction of sp³-hybridized carbons (Fsp3) is 0.200. The molecule has 2 rings (SSSR count). The van der Waals surface area contributed by atoms with Crippen molar-refractivity contribution in [2.45, 2.75) is 12.3 Å². The van der Waals surface area contributed by atoms with Gasteiger partial charge in [0.1, 0.15) is 17.5 Å². The molecule has 0 amide bonds. The van der Waals surface area contributed by atoms with Crippen molar-refractivity contribution in [3.63, 3.8) is 0 Å². The first kappa shape index (κ1) is 15.1. The monoisotopic (exact) mass is 343 g/mol. The third-order valence-electron chi connectivity index (χ3n) is 3.19. The molecule has 1 unspecified atom stereocenters. The van der Waals surface area contributed by atoms with Gasteiger partial charge in [0.2, 0.25) is 0 Å². The minimum Gasteiger partial charge on any atom is -0.330 e. The molecule has 2 N–H and O–H groups in total. The minimum absolute atomic E-state index is 0.0425. The van der Waals surface area contributed by atoms with Gasteiger partial charge in [0.25, 0.3) is 0 Å². The lowest BCUT2D eigenvalue weighted by Gasteiger charge is -2.16. The summed E-state index contributed by atoms with van der Waals surface area (Å²) in [5.41, 5.74) is 6.25. The first-order chi connectivity index (χ1) is 9.52. The van der Waals surface area contributed by atoms with Crippen LogP contribution in [0.25, 0.3) is 0 Å². The SMILES string of the molecule is NCC(Cc1c(F)ccc(Br)c1F)c1cccc(F)c1. The maximum Gasteiger partial charge on any atom is 0.143 e. The molecule has 0 spiro atoms. The molecule has 0 aliphatic heterocycles. The highest BCUT2D eigenvalue weighted by molar-refractivity contribution is 9.10. The van der Waals surface area contributed by atoms with Gasteiger partial charge < -0.3 is 5.73 Å². The van der Waals surface area contributed by atoms with Gasteiger partial charge in [-0.25, -0.2) is 13.2 Å². The molecule has 20 heavy (non-hydrogen) atoms. The van der Waals surface area contributed by atoms with E-state index in [0.29, 0.717) is 5.56 Å². The fourth-order valence-corrected chi connectivity index (χ4v) is 2.47. The van der Waals surface area contributed by atoms with E-state index in [2.05, 4.69) is 15.9 Å². The highest BCUT2D eigenvalue weighted by Gasteiger charge is 2.18. The quantitative estimate of drug-likeness (QED) is 0.829. The third kappa shape index (κ3) is 3.22. The van der Waals surface area contributed by atoms with Crippen LogP contribution in [0.15, 0.2) is 40.9 Å². The minimum atomic E-state index is -0.639. The lowest BCUT2D eigenvalue weighted by molar-refractivity contribution is 0.533. The predicted octanol–water partition coefficient (Wildman–Crippen LogP) is 4.15. The number of nitrogens with two attached hydrogens (primary N) is 1. The molecule has 1 atom stereocenters. The number of rotatable bonds is 4. The summed E-state index contributed by atoms with van der Waals surface area (Å²) in [6.07, 6.45) is 0.0804. The Labute approximate surface area is 123 Å². The molecule has 0 aliphatic carbocycles. The van der Waals surface area contributed by atoms with E-state index in [1.54, 1.807) is 12.1 Å². The number of benzene rings is 2. The van der Waals surface area contributed by atoms with Gasteiger partial charge in [-0.15, -0.1) is 0 Å². The van der Waals surface area contributed by atoms with Crippen LogP contribution in [-0.4, -0.2) is 6.54 Å². The smallest absolute Gasteiger partial charge is 0.143 e. The van der Waals surface area contributed by atoms with E-state index >= 15 is 0 Å². The van der Waals surface area contributed by atoms with Crippen molar-refractivity contribution in [1.82, 2.24) is 0 Å². The lowest BCUT2D eigenvalue weighted by Crippen LogP contribution is -2.16. The Morgan fingerprint density at radius 1 is 1.10 bits per heavy atom. The second kappa shape index (κ2) is 6.41. The van der Waals surface area contributed by atoms with Crippen LogP contribution in [0.4, 0.5) is 13.2 Å². The summed E-state index contributed by atoms with van der Waals surface area (Å²) >= 11 is 3.03. The van der Waals surface area contributed by atoms with E-state index in [9.17, 15) is 13.2 Å². The summed E-state index contributed by atoms with van der Waals surface area (Å²) in [6.45, 7) is 0.175. The average molecular weight is 344 g/mol. The molecule has 0 saturated carbocycles. The summed E-state index contributed by atoms with van der Waals surface area (Å²) in [4.78, 5) is 0. The molecule has 2 aromatic carbocycles. The van der Waals surface area contributed by atoms with E-state index < -0.39 is 17.5 Å². The normalized spacial score (nSPS) is 12.4. The molecular weight excluding hydrogens is 331 g/mol. The van der Waals surface area contributed by atoms with Crippen LogP contribution in [0.3, 0.4) is 0 Å². The Bertz CT molecular complexity index is 616. The molecule has 0 fully saturated rings. The Balaban J connectivity index is 2.34. The van der Waals surface area contributed by atoms with Gasteiger partial charge in [-0.1, -0.05) is 12.1 Å². The van der Waals surface area contributed by atoms with Crippen LogP contribution >= 0.6 is 15.9 Å². The van der Waals surface area contributed by atoms with Crippen LogP contribution in [0.1, 0.15) is 17.0 Å². The molecule has 0 aliphatic rings. The van der Waals surface area contributed by atoms with Gasteiger partial charge in [-0.3, -0.25) is 0 Å². The maximum atomic E-state index is 14.0. The molecule has 0 aromatic heterocycles. The summed E-state index contributed by atoms with van der Waals surface area (Å²) in [7, 11) is 0. The molecule has 0 saturated heterocycles. The zero-order chi connectivity index (χ0) is 14.7. The van der Waals surface area contributed by atoms with E-state index in [0.717, 1.165) is 0 Å². The first-order valence-corrected chi connectivity index (χ1v) is 6.90. The fourth-order valence-electron chi connectivity index (χ4n) is 2.10. The second-order valence-electron chi connectivity index (χ2n) is 4.51. The highest BCUT2D eigenvalue weighted by atomic mass is 79.9. The van der Waals surface area contributed by atoms with E-state index in [1.807, 2.05) is 0 Å². The van der Waals surface area contributed by atoms with Crippen molar-refractivity contribution in [1.29, 1.82) is 0 Å². The van der Waals surface area contributed by atoms with Crippen LogP contribution in [-0.2, 0) is 6.42 Å². The Morgan fingerprint density at radius 2 is 1.85 bits per heavy atom. The Kier molecular flexibility index (Phi) is 4.83. The van der Waals surface area contributed by atoms with E-state index in [-0.39, 0.29) is 28.9 Å². The summed E-state index contributed by atoms with van der Waals surface area (Å²) in [6, 6.07) is 8.42. The maximum absolute atomic E-state index is 14.0. The summed E-state index contributed by atoms with van der Waals surface area (Å²) in [5.74, 6) is -2.00. The van der Waals surface area contributed by atoms with Crippen molar-refractivity contribution >= 4 is 15.9 Å². The van der Waals surface area contributed by atoms with Crippen molar-refractivity contribution in [3.8, 4) is 0 Å². The molecule has 0 bridgehead atoms. The summed E-state index contributed by atoms with van der Waals surface area (Å²) < 4.78 is 41.1. The Morgan fingerprint density at radius 3 is 2.50 bits per heavy atom. The molecule has 106 valence electrons. The second-order valence-corrected chi connectivity index (χ2v) is 5.37. The molecule has 5 heteroatoms. The van der Waals surface area contributed by atoms with Crippen molar-refractivity contribution < 1.29 is 13.2 Å². The van der Waals surface area contributed by atoms with Gasteiger partial charge in [0.05, 0.1) is 4.47 Å². The third-order valence-corrected chi connectivity index (χ3v) is 3.81. The van der Waals surface area contributed by atoms with E-state index in [4.69, 9.17) is 5.73 Å². The van der Waals surface area contributed by atoms with Gasteiger partial charge in [-0.05, 0) is 58.7 Å². The first-order valence-electron chi connectivity index (χ1n) is 6.10. The number of halogens is 4. The number of hydrogen-bond acceptors (Lipinski definition) is 1. The lowest BCUT2D eigenvalue weighted by atomic mass is 9.91. The molecule has 1 nitrogen and oxygen atoms in total. The van der Waals surface area contributed by atoms with Gasteiger partial charge in [-0.2, -0.15) is 0 Å². The molecule has 0 heterocycles. The van der Waals surface area contributed by atoms with Gasteiger partial charge in [0, 0.05) is 11.5 Å². The summed E-state index contributed by atoms with van der Waals surface area (Å²) in [5, 5.41) is 0. The van der Waals surface area contributed by atoms with Gasteiger partial charge >= 0.3 is 0 Å². The van der Waals surface area contributed by atoms with Crippen molar-refractivity contribution in [2.24, 2.45) is 5.73 Å². The zero-order valence-corrected chi connectivity index (χ0v) is 12.1. The van der Waals surface area contributed by atoms with Crippen LogP contribution < -0.4 is 5.73 Å². The zero-order valence-electron chi connectivity index (χ0n) is 10.5. The van der Waals surface area contributed by atoms with E-state index in [1.165, 1.54) is 24.3 Å². The topological polar surface area (TPSA) is 26.0 Å². The molecule has 2 aromatic rings. The van der Waals surface area contributed by atoms with Crippen LogP contribution in [0.2, 0.25) is 0 Å². The van der Waals surface area contributed by atoms with Crippen molar-refractivity contribution in [3.05, 3.63) is 69.4 Å².